The van der Waals surface area contributed by atoms with E-state index in [2.05, 4.69) is 180 Å². The summed E-state index contributed by atoms with van der Waals surface area (Å²) >= 11 is 0. The van der Waals surface area contributed by atoms with E-state index in [1.807, 2.05) is 0 Å². The number of nitrogens with zero attached hydrogens (tertiary/aromatic N) is 2. The van der Waals surface area contributed by atoms with E-state index >= 15 is 0 Å². The highest BCUT2D eigenvalue weighted by Gasteiger charge is 2.28. The van der Waals surface area contributed by atoms with Gasteiger partial charge >= 0.3 is 0 Å². The van der Waals surface area contributed by atoms with Crippen LogP contribution in [0.2, 0.25) is 0 Å². The number of fused-ring (bicyclic) bond motifs is 14. The summed E-state index contributed by atoms with van der Waals surface area (Å²) < 4.78 is 27.1. The molecule has 0 aliphatic heterocycles. The van der Waals surface area contributed by atoms with E-state index in [0.717, 1.165) is 98.1 Å². The van der Waals surface area contributed by atoms with Crippen molar-refractivity contribution in [2.24, 2.45) is 0 Å². The minimum absolute atomic E-state index is 0.0131. The molecule has 0 atom stereocenters. The minimum Gasteiger partial charge on any atom is -0.438 e. The molecule has 6 aromatic carbocycles. The summed E-state index contributed by atoms with van der Waals surface area (Å²) in [6.45, 7) is 26.9. The lowest BCUT2D eigenvalue weighted by molar-refractivity contribution is 0.586. The molecule has 12 rings (SSSR count). The fraction of sp³-hybridized carbons (Fsp3) is 0.276. The number of hydrogen-bond acceptors (Lipinski definition) is 6. The Morgan fingerprint density at radius 1 is 0.297 bits per heavy atom. The monoisotopic (exact) mass is 840 g/mol. The van der Waals surface area contributed by atoms with Gasteiger partial charge in [-0.05, 0) is 102 Å². The van der Waals surface area contributed by atoms with Crippen LogP contribution in [0.4, 0.5) is 0 Å². The van der Waals surface area contributed by atoms with E-state index in [-0.39, 0.29) is 21.7 Å². The zero-order valence-electron chi connectivity index (χ0n) is 38.8. The molecule has 0 amide bonds. The van der Waals surface area contributed by atoms with Crippen LogP contribution < -0.4 is 0 Å². The molecule has 6 nitrogen and oxygen atoms in total. The van der Waals surface area contributed by atoms with Crippen LogP contribution in [0, 0.1) is 0 Å². The topological polar surface area (TPSA) is 78.3 Å². The largest absolute Gasteiger partial charge is 0.438 e. The fourth-order valence-electron chi connectivity index (χ4n) is 9.85. The van der Waals surface area contributed by atoms with Gasteiger partial charge in [0.15, 0.2) is 0 Å². The Hall–Kier alpha value is -6.66. The van der Waals surface area contributed by atoms with E-state index in [0.29, 0.717) is 22.9 Å². The second-order valence-corrected chi connectivity index (χ2v) is 22.3. The summed E-state index contributed by atoms with van der Waals surface area (Å²) in [4.78, 5) is 10.2. The zero-order valence-corrected chi connectivity index (χ0v) is 38.8. The third-order valence-corrected chi connectivity index (χ3v) is 13.7. The van der Waals surface area contributed by atoms with Crippen molar-refractivity contribution in [3.05, 3.63) is 119 Å². The molecule has 0 spiro atoms. The maximum Gasteiger partial charge on any atom is 0.230 e. The summed E-state index contributed by atoms with van der Waals surface area (Å²) in [5, 5.41) is 12.2. The second-order valence-electron chi connectivity index (χ2n) is 22.3. The number of furan rings is 4. The van der Waals surface area contributed by atoms with E-state index in [9.17, 15) is 0 Å². The molecule has 6 heterocycles. The summed E-state index contributed by atoms with van der Waals surface area (Å²) in [5.41, 5.74) is 12.1. The molecule has 318 valence electrons. The molecule has 0 N–H and O–H groups in total. The Kier molecular flexibility index (Phi) is 7.63. The Balaban J connectivity index is 1.21. The molecule has 6 heteroatoms. The maximum atomic E-state index is 7.06. The smallest absolute Gasteiger partial charge is 0.230 e. The van der Waals surface area contributed by atoms with Gasteiger partial charge in [0.05, 0.1) is 0 Å². The molecule has 0 aliphatic carbocycles. The van der Waals surface area contributed by atoms with E-state index in [1.165, 1.54) is 22.3 Å². The van der Waals surface area contributed by atoms with Crippen molar-refractivity contribution in [2.45, 2.75) is 105 Å². The lowest BCUT2D eigenvalue weighted by atomic mass is 9.83. The minimum atomic E-state index is -0.0625. The van der Waals surface area contributed by atoms with Crippen LogP contribution in [0.15, 0.2) is 115 Å². The maximum absolute atomic E-state index is 7.06. The van der Waals surface area contributed by atoms with Crippen molar-refractivity contribution >= 4 is 110 Å². The van der Waals surface area contributed by atoms with Gasteiger partial charge in [0.1, 0.15) is 22.3 Å². The van der Waals surface area contributed by atoms with Crippen LogP contribution in [-0.2, 0) is 21.7 Å². The fourth-order valence-corrected chi connectivity index (χ4v) is 9.85. The number of hydrogen-bond donors (Lipinski definition) is 0. The summed E-state index contributed by atoms with van der Waals surface area (Å²) in [7, 11) is 0. The summed E-state index contributed by atoms with van der Waals surface area (Å²) in [5.74, 6) is 0. The van der Waals surface area contributed by atoms with Gasteiger partial charge in [-0.2, -0.15) is 9.97 Å². The summed E-state index contributed by atoms with van der Waals surface area (Å²) in [6, 6.07) is 35.8. The first-order valence-electron chi connectivity index (χ1n) is 22.5. The Labute approximate surface area is 371 Å². The highest BCUT2D eigenvalue weighted by atomic mass is 16.4. The van der Waals surface area contributed by atoms with E-state index < -0.39 is 0 Å². The van der Waals surface area contributed by atoms with Gasteiger partial charge in [-0.1, -0.05) is 144 Å². The Morgan fingerprint density at radius 3 is 0.969 bits per heavy atom. The number of pyridine rings is 2. The van der Waals surface area contributed by atoms with Gasteiger partial charge in [-0.25, -0.2) is 0 Å². The number of aromatic nitrogens is 2. The van der Waals surface area contributed by atoms with E-state index in [4.69, 9.17) is 27.6 Å². The highest BCUT2D eigenvalue weighted by molar-refractivity contribution is 6.28. The highest BCUT2D eigenvalue weighted by Crippen LogP contribution is 2.50. The summed E-state index contributed by atoms with van der Waals surface area (Å²) in [6.07, 6.45) is 0. The van der Waals surface area contributed by atoms with Crippen molar-refractivity contribution in [3.63, 3.8) is 0 Å². The second kappa shape index (κ2) is 12.5. The predicted octanol–water partition coefficient (Wildman–Crippen LogP) is 17.2. The average Bonchev–Trinajstić information content (AvgIpc) is 3.97. The lowest BCUT2D eigenvalue weighted by Crippen LogP contribution is -2.10. The van der Waals surface area contributed by atoms with Crippen LogP contribution >= 0.6 is 0 Å². The van der Waals surface area contributed by atoms with Gasteiger partial charge in [0.2, 0.25) is 22.9 Å². The molecule has 0 bridgehead atoms. The van der Waals surface area contributed by atoms with Gasteiger partial charge in [-0.3, -0.25) is 0 Å². The standard InChI is InChI=1S/C58H52N2O4/c1-55(2,3)31-13-17-35-29(21-31)23-39-43-27-41-37-19-15-33(57(7,8)9)25-45(37)61-51(41)59-53(43)63-49(39)47(35)48-36-18-14-32(56(4,5)6)22-30(36)24-40-44-28-42-38-20-16-34(58(10,11)12)26-46(38)62-52(42)60-54(44)64-50(40)48/h13-28H,1-12H3. The molecule has 0 unspecified atom stereocenters. The van der Waals surface area contributed by atoms with E-state index in [1.54, 1.807) is 0 Å². The van der Waals surface area contributed by atoms with Gasteiger partial charge in [0, 0.05) is 54.2 Å². The van der Waals surface area contributed by atoms with Crippen molar-refractivity contribution in [3.8, 4) is 11.1 Å². The molecule has 12 aromatic rings. The van der Waals surface area contributed by atoms with Crippen molar-refractivity contribution in [1.29, 1.82) is 0 Å². The third kappa shape index (κ3) is 5.70. The average molecular weight is 841 g/mol. The molecule has 6 aromatic heterocycles. The van der Waals surface area contributed by atoms with Crippen LogP contribution in [0.1, 0.15) is 105 Å². The van der Waals surface area contributed by atoms with Crippen LogP contribution in [0.5, 0.6) is 0 Å². The third-order valence-electron chi connectivity index (χ3n) is 13.7. The Morgan fingerprint density at radius 2 is 0.609 bits per heavy atom. The van der Waals surface area contributed by atoms with Crippen LogP contribution in [-0.4, -0.2) is 9.97 Å². The molecule has 0 saturated heterocycles. The first kappa shape index (κ1) is 39.0. The van der Waals surface area contributed by atoms with Crippen LogP contribution in [0.3, 0.4) is 0 Å². The molecule has 64 heavy (non-hydrogen) atoms. The SMILES string of the molecule is CC(C)(C)c1ccc2c(-c3c4ccc(C(C)(C)C)cc4cc4c3oc3nc5oc6cc(C(C)(C)C)ccc6c5cc34)c3oc4nc5oc6cc(C(C)(C)C)ccc6c5cc4c3cc2c1. The Bertz CT molecular complexity index is 3730. The van der Waals surface area contributed by atoms with Gasteiger partial charge < -0.3 is 17.7 Å². The number of rotatable bonds is 1. The molecule has 0 radical (unpaired) electrons. The first-order chi connectivity index (χ1) is 30.2. The van der Waals surface area contributed by atoms with Crippen molar-refractivity contribution in [2.75, 3.05) is 0 Å². The molecular weight excluding hydrogens is 789 g/mol. The van der Waals surface area contributed by atoms with Gasteiger partial charge in [0.25, 0.3) is 0 Å². The molecule has 0 aliphatic rings. The van der Waals surface area contributed by atoms with Crippen molar-refractivity contribution in [1.82, 2.24) is 9.97 Å². The molecule has 0 fully saturated rings. The predicted molar refractivity (Wildman–Crippen MR) is 266 cm³/mol. The lowest BCUT2D eigenvalue weighted by Gasteiger charge is -2.21. The molecular formula is C58H52N2O4. The molecule has 0 saturated carbocycles. The van der Waals surface area contributed by atoms with Crippen molar-refractivity contribution < 1.29 is 17.7 Å². The van der Waals surface area contributed by atoms with Crippen LogP contribution in [0.25, 0.3) is 121 Å². The number of benzene rings is 6. The zero-order chi connectivity index (χ0) is 44.6. The quantitative estimate of drug-likeness (QED) is 0.164. The van der Waals surface area contributed by atoms with Gasteiger partial charge in [-0.15, -0.1) is 0 Å². The first-order valence-corrected chi connectivity index (χ1v) is 22.5. The normalized spacial score (nSPS) is 13.6.